The van der Waals surface area contributed by atoms with Crippen molar-refractivity contribution in [2.24, 2.45) is 0 Å². The van der Waals surface area contributed by atoms with E-state index in [0.29, 0.717) is 5.02 Å². The molecule has 3 rings (SSSR count). The normalized spacial score (nSPS) is 11.3. The number of rotatable bonds is 12. The summed E-state index contributed by atoms with van der Waals surface area (Å²) < 4.78 is 2.83. The molecule has 188 valence electrons. The number of hydrogen-bond acceptors (Lipinski definition) is 3. The van der Waals surface area contributed by atoms with Gasteiger partial charge in [0.1, 0.15) is 5.82 Å². The maximum absolute atomic E-state index is 6.40. The first-order chi connectivity index (χ1) is 17.2. The molecule has 2 aromatic carbocycles. The van der Waals surface area contributed by atoms with Gasteiger partial charge in [0.25, 0.3) is 0 Å². The number of aryl methyl sites for hydroxylation is 1. The van der Waals surface area contributed by atoms with E-state index in [0.717, 1.165) is 64.3 Å². The molecule has 0 aliphatic carbocycles. The van der Waals surface area contributed by atoms with Crippen LogP contribution in [-0.4, -0.2) is 34.8 Å². The van der Waals surface area contributed by atoms with Crippen molar-refractivity contribution in [1.82, 2.24) is 20.0 Å². The van der Waals surface area contributed by atoms with Gasteiger partial charge in [0, 0.05) is 30.9 Å². The fourth-order valence-corrected chi connectivity index (χ4v) is 4.45. The van der Waals surface area contributed by atoms with Crippen LogP contribution in [0, 0.1) is 13.8 Å². The predicted octanol–water partition coefficient (Wildman–Crippen LogP) is 7.74. The molecule has 3 aromatic rings. The summed E-state index contributed by atoms with van der Waals surface area (Å²) in [6.07, 6.45) is 7.52. The Morgan fingerprint density at radius 3 is 2.58 bits per heavy atom. The Morgan fingerprint density at radius 1 is 1.19 bits per heavy atom. The average Bonchev–Trinajstić information content (AvgIpc) is 3.19. The zero-order chi connectivity index (χ0) is 26.2. The minimum absolute atomic E-state index is 0.671. The van der Waals surface area contributed by atoms with Gasteiger partial charge < -0.3 is 10.2 Å². The van der Waals surface area contributed by atoms with Gasteiger partial charge in [0.15, 0.2) is 0 Å². The summed E-state index contributed by atoms with van der Waals surface area (Å²) in [5.41, 5.74) is 7.43. The maximum atomic E-state index is 6.40. The van der Waals surface area contributed by atoms with Gasteiger partial charge in [0.2, 0.25) is 0 Å². The maximum Gasteiger partial charge on any atom is 0.128 e. The molecule has 0 unspecified atom stereocenters. The predicted molar refractivity (Wildman–Crippen MR) is 159 cm³/mol. The number of aromatic nitrogens is 2. The highest BCUT2D eigenvalue weighted by molar-refractivity contribution is 9.10. The van der Waals surface area contributed by atoms with Crippen molar-refractivity contribution < 1.29 is 0 Å². The van der Waals surface area contributed by atoms with E-state index in [1.807, 2.05) is 48.0 Å². The van der Waals surface area contributed by atoms with Gasteiger partial charge >= 0.3 is 0 Å². The molecular weight excluding hydrogens is 532 g/mol. The fraction of sp³-hybridized carbons (Fsp3) is 0.233. The summed E-state index contributed by atoms with van der Waals surface area (Å²) >= 11 is 9.96. The second kappa shape index (κ2) is 12.8. The van der Waals surface area contributed by atoms with Crippen molar-refractivity contribution >= 4 is 44.6 Å². The highest BCUT2D eigenvalue weighted by Crippen LogP contribution is 2.26. The standard InChI is InChI=1S/C30H34BrClN4/c1-7-11-25-14-15-26(18-21(25)2)23(4)35(6)17-10-16-33-30(36-24(5)28(31)20-34-36)19-22(3)27-12-8-9-13-29(27)32/h7-9,12-15,18-20,33H,1,3-4,10-11,16-17H2,2,5-6H3/b30-19-. The second-order valence-corrected chi connectivity index (χ2v) is 10.1. The zero-order valence-corrected chi connectivity index (χ0v) is 23.7. The number of allylic oxidation sites excluding steroid dienone is 3. The summed E-state index contributed by atoms with van der Waals surface area (Å²) in [5.74, 6) is 0.845. The lowest BCUT2D eigenvalue weighted by molar-refractivity contribution is 0.463. The van der Waals surface area contributed by atoms with Crippen LogP contribution < -0.4 is 5.32 Å². The minimum Gasteiger partial charge on any atom is -0.375 e. The molecule has 0 aliphatic heterocycles. The third-order valence-electron chi connectivity index (χ3n) is 6.19. The Kier molecular flexibility index (Phi) is 9.80. The highest BCUT2D eigenvalue weighted by Gasteiger charge is 2.12. The summed E-state index contributed by atoms with van der Waals surface area (Å²) in [7, 11) is 2.08. The Morgan fingerprint density at radius 2 is 1.94 bits per heavy atom. The number of halogens is 2. The Labute approximate surface area is 228 Å². The first-order valence-electron chi connectivity index (χ1n) is 11.9. The quantitative estimate of drug-likeness (QED) is 0.139. The SMILES string of the molecule is C=CCc1ccc(C(=C)N(C)CCCN/C(=C/C(=C)c2ccccc2Cl)n2ncc(Br)c2C)cc1C. The van der Waals surface area contributed by atoms with E-state index in [1.165, 1.54) is 11.1 Å². The van der Waals surface area contributed by atoms with Crippen molar-refractivity contribution in [1.29, 1.82) is 0 Å². The lowest BCUT2D eigenvalue weighted by atomic mass is 10.0. The van der Waals surface area contributed by atoms with E-state index in [9.17, 15) is 0 Å². The van der Waals surface area contributed by atoms with Crippen LogP contribution >= 0.6 is 27.5 Å². The van der Waals surface area contributed by atoms with E-state index in [2.05, 4.69) is 83.2 Å². The van der Waals surface area contributed by atoms with Crippen molar-refractivity contribution in [2.45, 2.75) is 26.7 Å². The first-order valence-corrected chi connectivity index (χ1v) is 13.1. The van der Waals surface area contributed by atoms with Crippen molar-refractivity contribution in [3.05, 3.63) is 118 Å². The van der Waals surface area contributed by atoms with Crippen LogP contribution in [0.1, 0.15) is 34.4 Å². The van der Waals surface area contributed by atoms with Crippen LogP contribution in [0.15, 0.2) is 85.0 Å². The van der Waals surface area contributed by atoms with Crippen LogP contribution in [0.2, 0.25) is 5.02 Å². The van der Waals surface area contributed by atoms with Crippen molar-refractivity contribution in [3.63, 3.8) is 0 Å². The molecule has 1 aromatic heterocycles. The summed E-state index contributed by atoms with van der Waals surface area (Å²) in [6.45, 7) is 18.2. The van der Waals surface area contributed by atoms with Crippen LogP contribution in [0.25, 0.3) is 17.1 Å². The molecule has 0 spiro atoms. The molecule has 0 bridgehead atoms. The van der Waals surface area contributed by atoms with Crippen LogP contribution in [0.4, 0.5) is 0 Å². The van der Waals surface area contributed by atoms with Crippen LogP contribution in [0.3, 0.4) is 0 Å². The molecule has 0 amide bonds. The lowest BCUT2D eigenvalue weighted by Crippen LogP contribution is -2.25. The van der Waals surface area contributed by atoms with Crippen LogP contribution in [-0.2, 0) is 6.42 Å². The molecule has 0 fully saturated rings. The molecule has 6 heteroatoms. The molecular formula is C30H34BrClN4. The van der Waals surface area contributed by atoms with Gasteiger partial charge in [-0.25, -0.2) is 4.68 Å². The molecule has 0 radical (unpaired) electrons. The Hall–Kier alpha value is -3.02. The zero-order valence-electron chi connectivity index (χ0n) is 21.3. The van der Waals surface area contributed by atoms with Gasteiger partial charge in [0.05, 0.1) is 16.4 Å². The largest absolute Gasteiger partial charge is 0.375 e. The number of nitrogens with zero attached hydrogens (tertiary/aromatic N) is 3. The lowest BCUT2D eigenvalue weighted by Gasteiger charge is -2.23. The molecule has 1 heterocycles. The van der Waals surface area contributed by atoms with E-state index in [1.54, 1.807) is 6.20 Å². The summed E-state index contributed by atoms with van der Waals surface area (Å²) in [4.78, 5) is 2.20. The van der Waals surface area contributed by atoms with E-state index in [4.69, 9.17) is 11.6 Å². The molecule has 0 saturated heterocycles. The van der Waals surface area contributed by atoms with Crippen molar-refractivity contribution in [2.75, 3.05) is 20.1 Å². The fourth-order valence-electron chi connectivity index (χ4n) is 3.93. The van der Waals surface area contributed by atoms with Gasteiger partial charge in [-0.2, -0.15) is 5.10 Å². The molecule has 0 aliphatic rings. The molecule has 4 nitrogen and oxygen atoms in total. The topological polar surface area (TPSA) is 33.1 Å². The van der Waals surface area contributed by atoms with E-state index < -0.39 is 0 Å². The van der Waals surface area contributed by atoms with Gasteiger partial charge in [-0.1, -0.05) is 61.2 Å². The van der Waals surface area contributed by atoms with E-state index >= 15 is 0 Å². The first kappa shape index (κ1) is 27.6. The van der Waals surface area contributed by atoms with Crippen LogP contribution in [0.5, 0.6) is 0 Å². The monoisotopic (exact) mass is 564 g/mol. The Bertz CT molecular complexity index is 1290. The smallest absolute Gasteiger partial charge is 0.128 e. The number of nitrogens with one attached hydrogen (secondary N) is 1. The number of hydrogen-bond donors (Lipinski definition) is 1. The van der Waals surface area contributed by atoms with E-state index in [-0.39, 0.29) is 0 Å². The molecule has 0 saturated carbocycles. The molecule has 0 atom stereocenters. The third-order valence-corrected chi connectivity index (χ3v) is 7.29. The second-order valence-electron chi connectivity index (χ2n) is 8.81. The van der Waals surface area contributed by atoms with Gasteiger partial charge in [-0.15, -0.1) is 6.58 Å². The third kappa shape index (κ3) is 6.80. The summed E-state index contributed by atoms with van der Waals surface area (Å²) in [6, 6.07) is 14.2. The minimum atomic E-state index is 0.671. The summed E-state index contributed by atoms with van der Waals surface area (Å²) in [5, 5.41) is 8.75. The highest BCUT2D eigenvalue weighted by atomic mass is 79.9. The molecule has 36 heavy (non-hydrogen) atoms. The average molecular weight is 566 g/mol. The van der Waals surface area contributed by atoms with Gasteiger partial charge in [-0.3, -0.25) is 0 Å². The van der Waals surface area contributed by atoms with Crippen molar-refractivity contribution in [3.8, 4) is 0 Å². The Balaban J connectivity index is 1.66. The van der Waals surface area contributed by atoms with Gasteiger partial charge in [-0.05, 0) is 88.7 Å². The molecule has 1 N–H and O–H groups in total. The number of benzene rings is 2.